The lowest BCUT2D eigenvalue weighted by atomic mass is 10.00. The summed E-state index contributed by atoms with van der Waals surface area (Å²) in [7, 11) is -3.46. The summed E-state index contributed by atoms with van der Waals surface area (Å²) in [6.07, 6.45) is 1.49. The van der Waals surface area contributed by atoms with Gasteiger partial charge >= 0.3 is 0 Å². The van der Waals surface area contributed by atoms with Gasteiger partial charge in [0.25, 0.3) is 0 Å². The van der Waals surface area contributed by atoms with E-state index in [-0.39, 0.29) is 11.7 Å². The van der Waals surface area contributed by atoms with E-state index >= 15 is 0 Å². The monoisotopic (exact) mass is 420 g/mol. The Balaban J connectivity index is 1.48. The van der Waals surface area contributed by atoms with Crippen molar-refractivity contribution in [3.63, 3.8) is 0 Å². The minimum Gasteiger partial charge on any atom is -0.308 e. The van der Waals surface area contributed by atoms with E-state index in [4.69, 9.17) is 0 Å². The number of hydrogen-bond donors (Lipinski definition) is 1. The Morgan fingerprint density at radius 3 is 2.20 bits per heavy atom. The number of hydrogen-bond acceptors (Lipinski definition) is 3. The van der Waals surface area contributed by atoms with Crippen LogP contribution in [0.3, 0.4) is 0 Å². The molecule has 3 aromatic rings. The largest absolute Gasteiger partial charge is 0.308 e. The maximum atomic E-state index is 12.5. The maximum Gasteiger partial charge on any atom is 0.233 e. The molecule has 0 fully saturated rings. The summed E-state index contributed by atoms with van der Waals surface area (Å²) >= 11 is 0. The van der Waals surface area contributed by atoms with Crippen LogP contribution in [-0.2, 0) is 34.2 Å². The van der Waals surface area contributed by atoms with E-state index in [1.807, 2.05) is 72.8 Å². The quantitative estimate of drug-likeness (QED) is 0.624. The van der Waals surface area contributed by atoms with Gasteiger partial charge in [-0.05, 0) is 47.7 Å². The number of rotatable bonds is 7. The van der Waals surface area contributed by atoms with E-state index in [1.54, 1.807) is 11.0 Å². The smallest absolute Gasteiger partial charge is 0.233 e. The second-order valence-corrected chi connectivity index (χ2v) is 9.31. The Bertz CT molecular complexity index is 1130. The van der Waals surface area contributed by atoms with Crippen LogP contribution in [0.1, 0.15) is 23.1 Å². The van der Waals surface area contributed by atoms with Crippen LogP contribution >= 0.6 is 0 Å². The second kappa shape index (κ2) is 8.71. The van der Waals surface area contributed by atoms with Crippen molar-refractivity contribution in [2.75, 3.05) is 15.4 Å². The fraction of sp³-hybridized carbons (Fsp3) is 0.208. The van der Waals surface area contributed by atoms with Gasteiger partial charge in [0, 0.05) is 17.8 Å². The van der Waals surface area contributed by atoms with E-state index in [1.165, 1.54) is 0 Å². The minimum absolute atomic E-state index is 0.0206. The predicted octanol–water partition coefficient (Wildman–Crippen LogP) is 4.15. The Morgan fingerprint density at radius 2 is 1.50 bits per heavy atom. The first kappa shape index (κ1) is 20.2. The summed E-state index contributed by atoms with van der Waals surface area (Å²) < 4.78 is 27.7. The van der Waals surface area contributed by atoms with Gasteiger partial charge in [0.1, 0.15) is 0 Å². The number of carbonyl (C=O) groups excluding carboxylic acids is 1. The average Bonchev–Trinajstić information content (AvgIpc) is 2.76. The zero-order valence-electron chi connectivity index (χ0n) is 16.6. The molecule has 3 aromatic carbocycles. The molecule has 0 saturated heterocycles. The zero-order valence-corrected chi connectivity index (χ0v) is 17.4. The average molecular weight is 421 g/mol. The highest BCUT2D eigenvalue weighted by atomic mass is 32.2. The molecular formula is C24H24N2O3S. The molecule has 1 heterocycles. The highest BCUT2D eigenvalue weighted by Gasteiger charge is 2.25. The lowest BCUT2D eigenvalue weighted by Crippen LogP contribution is -2.34. The van der Waals surface area contributed by atoms with Crippen molar-refractivity contribution in [2.24, 2.45) is 0 Å². The van der Waals surface area contributed by atoms with E-state index in [0.717, 1.165) is 22.4 Å². The van der Waals surface area contributed by atoms with Gasteiger partial charge in [0.2, 0.25) is 15.9 Å². The molecule has 30 heavy (non-hydrogen) atoms. The minimum atomic E-state index is -3.46. The molecule has 1 N–H and O–H groups in total. The molecule has 154 valence electrons. The molecular weight excluding hydrogens is 396 g/mol. The van der Waals surface area contributed by atoms with Crippen molar-refractivity contribution < 1.29 is 13.2 Å². The SMILES string of the molecule is O=C1CCc2cc(NS(=O)(=O)CCc3ccccc3)ccc2N1Cc1ccccc1. The lowest BCUT2D eigenvalue weighted by molar-refractivity contribution is -0.119. The predicted molar refractivity (Wildman–Crippen MR) is 120 cm³/mol. The van der Waals surface area contributed by atoms with Gasteiger partial charge in [-0.3, -0.25) is 9.52 Å². The number of fused-ring (bicyclic) bond motifs is 1. The first-order valence-electron chi connectivity index (χ1n) is 10.0. The van der Waals surface area contributed by atoms with Crippen molar-refractivity contribution in [1.82, 2.24) is 0 Å². The lowest BCUT2D eigenvalue weighted by Gasteiger charge is -2.30. The van der Waals surface area contributed by atoms with Crippen molar-refractivity contribution in [2.45, 2.75) is 25.8 Å². The molecule has 5 nitrogen and oxygen atoms in total. The van der Waals surface area contributed by atoms with Gasteiger partial charge in [0.05, 0.1) is 12.3 Å². The van der Waals surface area contributed by atoms with Gasteiger partial charge in [0.15, 0.2) is 0 Å². The number of sulfonamides is 1. The summed E-state index contributed by atoms with van der Waals surface area (Å²) in [5, 5.41) is 0. The van der Waals surface area contributed by atoms with Gasteiger partial charge in [-0.25, -0.2) is 8.42 Å². The van der Waals surface area contributed by atoms with Gasteiger partial charge < -0.3 is 4.90 Å². The molecule has 1 amide bonds. The molecule has 0 bridgehead atoms. The number of nitrogens with zero attached hydrogens (tertiary/aromatic N) is 1. The van der Waals surface area contributed by atoms with Crippen molar-refractivity contribution in [3.8, 4) is 0 Å². The molecule has 0 saturated carbocycles. The molecule has 0 radical (unpaired) electrons. The van der Waals surface area contributed by atoms with Crippen molar-refractivity contribution in [3.05, 3.63) is 95.6 Å². The topological polar surface area (TPSA) is 66.5 Å². The molecule has 4 rings (SSSR count). The van der Waals surface area contributed by atoms with Gasteiger partial charge in [-0.15, -0.1) is 0 Å². The maximum absolute atomic E-state index is 12.5. The third kappa shape index (κ3) is 4.89. The first-order chi connectivity index (χ1) is 14.5. The standard InChI is InChI=1S/C24H24N2O3S/c27-24-14-11-21-17-22(25-30(28,29)16-15-19-7-3-1-4-8-19)12-13-23(21)26(24)18-20-9-5-2-6-10-20/h1-10,12-13,17,25H,11,14-16,18H2. The molecule has 0 aliphatic carbocycles. The number of nitrogens with one attached hydrogen (secondary N) is 1. The number of anilines is 2. The Hall–Kier alpha value is -3.12. The Kier molecular flexibility index (Phi) is 5.86. The van der Waals surface area contributed by atoms with Crippen LogP contribution < -0.4 is 9.62 Å². The summed E-state index contributed by atoms with van der Waals surface area (Å²) in [5.74, 6) is 0.106. The van der Waals surface area contributed by atoms with Gasteiger partial charge in [-0.2, -0.15) is 0 Å². The summed E-state index contributed by atoms with van der Waals surface area (Å²) in [4.78, 5) is 14.3. The second-order valence-electron chi connectivity index (χ2n) is 7.47. The number of carbonyl (C=O) groups is 1. The van der Waals surface area contributed by atoms with Crippen LogP contribution in [0.5, 0.6) is 0 Å². The third-order valence-corrected chi connectivity index (χ3v) is 6.53. The van der Waals surface area contributed by atoms with Crippen LogP contribution in [-0.4, -0.2) is 20.1 Å². The van der Waals surface area contributed by atoms with Crippen LogP contribution in [0.4, 0.5) is 11.4 Å². The molecule has 6 heteroatoms. The highest BCUT2D eigenvalue weighted by molar-refractivity contribution is 7.92. The van der Waals surface area contributed by atoms with E-state index in [2.05, 4.69) is 4.72 Å². The normalized spacial score (nSPS) is 13.7. The van der Waals surface area contributed by atoms with Crippen LogP contribution in [0.15, 0.2) is 78.9 Å². The first-order valence-corrected chi connectivity index (χ1v) is 11.7. The molecule has 1 aliphatic heterocycles. The fourth-order valence-corrected chi connectivity index (χ4v) is 4.78. The number of amides is 1. The Morgan fingerprint density at radius 1 is 0.833 bits per heavy atom. The Labute approximate surface area is 177 Å². The van der Waals surface area contributed by atoms with Crippen LogP contribution in [0, 0.1) is 0 Å². The third-order valence-electron chi connectivity index (χ3n) is 5.24. The van der Waals surface area contributed by atoms with E-state index in [0.29, 0.717) is 31.5 Å². The fourth-order valence-electron chi connectivity index (χ4n) is 3.69. The summed E-state index contributed by atoms with van der Waals surface area (Å²) in [5.41, 5.74) is 4.42. The number of aryl methyl sites for hydroxylation is 2. The van der Waals surface area contributed by atoms with Crippen LogP contribution in [0.2, 0.25) is 0 Å². The highest BCUT2D eigenvalue weighted by Crippen LogP contribution is 2.31. The van der Waals surface area contributed by atoms with Gasteiger partial charge in [-0.1, -0.05) is 60.7 Å². The molecule has 0 spiro atoms. The molecule has 0 atom stereocenters. The zero-order chi connectivity index (χ0) is 21.0. The van der Waals surface area contributed by atoms with Crippen molar-refractivity contribution >= 4 is 27.3 Å². The molecule has 0 aromatic heterocycles. The van der Waals surface area contributed by atoms with E-state index in [9.17, 15) is 13.2 Å². The summed E-state index contributed by atoms with van der Waals surface area (Å²) in [6, 6.07) is 24.8. The van der Waals surface area contributed by atoms with Crippen LogP contribution in [0.25, 0.3) is 0 Å². The molecule has 0 unspecified atom stereocenters. The van der Waals surface area contributed by atoms with Crippen molar-refractivity contribution in [1.29, 1.82) is 0 Å². The number of benzene rings is 3. The summed E-state index contributed by atoms with van der Waals surface area (Å²) in [6.45, 7) is 0.509. The van der Waals surface area contributed by atoms with E-state index < -0.39 is 10.0 Å². The molecule has 1 aliphatic rings.